The Morgan fingerprint density at radius 2 is 1.89 bits per heavy atom. The van der Waals surface area contributed by atoms with Gasteiger partial charge in [0, 0.05) is 6.04 Å². The van der Waals surface area contributed by atoms with Gasteiger partial charge in [0.15, 0.2) is 6.61 Å². The van der Waals surface area contributed by atoms with Gasteiger partial charge in [-0.05, 0) is 50.2 Å². The molecule has 0 fully saturated rings. The van der Waals surface area contributed by atoms with E-state index >= 15 is 0 Å². The van der Waals surface area contributed by atoms with E-state index in [1.165, 1.54) is 24.3 Å². The first kappa shape index (κ1) is 19.2. The second-order valence-electron chi connectivity index (χ2n) is 6.40. The van der Waals surface area contributed by atoms with Crippen LogP contribution in [0.25, 0.3) is 0 Å². The van der Waals surface area contributed by atoms with Crippen molar-refractivity contribution >= 4 is 21.6 Å². The molecule has 0 unspecified atom stereocenters. The summed E-state index contributed by atoms with van der Waals surface area (Å²) in [7, 11) is -3.55. The molecule has 0 radical (unpaired) electrons. The first-order valence-corrected chi connectivity index (χ1v) is 10.1. The maximum Gasteiger partial charge on any atom is 0.265 e. The number of carbonyl (C=O) groups is 1. The van der Waals surface area contributed by atoms with E-state index in [-0.39, 0.29) is 23.5 Å². The Balaban J connectivity index is 1.63. The maximum absolute atomic E-state index is 12.5. The van der Waals surface area contributed by atoms with Gasteiger partial charge in [0.2, 0.25) is 10.0 Å². The van der Waals surface area contributed by atoms with Crippen LogP contribution in [0.5, 0.6) is 11.5 Å². The van der Waals surface area contributed by atoms with Gasteiger partial charge in [0.05, 0.1) is 17.1 Å². The molecule has 0 spiro atoms. The van der Waals surface area contributed by atoms with Crippen molar-refractivity contribution < 1.29 is 22.7 Å². The van der Waals surface area contributed by atoms with Gasteiger partial charge in [0.1, 0.15) is 18.1 Å². The molecule has 1 amide bonds. The van der Waals surface area contributed by atoms with E-state index in [0.717, 1.165) is 5.69 Å². The third kappa shape index (κ3) is 4.58. The molecule has 0 saturated carbocycles. The number of hydrogen-bond donors (Lipinski definition) is 1. The molecule has 0 aromatic heterocycles. The molecular weight excluding hydrogens is 368 g/mol. The summed E-state index contributed by atoms with van der Waals surface area (Å²) >= 11 is 0. The van der Waals surface area contributed by atoms with Gasteiger partial charge in [0.25, 0.3) is 5.91 Å². The van der Waals surface area contributed by atoms with Gasteiger partial charge >= 0.3 is 0 Å². The number of benzene rings is 2. The molecule has 0 atom stereocenters. The highest BCUT2D eigenvalue weighted by Crippen LogP contribution is 2.31. The summed E-state index contributed by atoms with van der Waals surface area (Å²) < 4.78 is 37.8. The van der Waals surface area contributed by atoms with Crippen LogP contribution in [0.3, 0.4) is 0 Å². The lowest BCUT2D eigenvalue weighted by Gasteiger charge is -2.29. The average Bonchev–Trinajstić information content (AvgIpc) is 2.65. The van der Waals surface area contributed by atoms with E-state index in [9.17, 15) is 13.2 Å². The SMILES string of the molecule is CC(C)NS(=O)(=O)c1ccc(OCC(=O)N2CCOc3ccccc32)cc1. The molecule has 0 aliphatic carbocycles. The van der Waals surface area contributed by atoms with Gasteiger partial charge in [-0.3, -0.25) is 4.79 Å². The Kier molecular flexibility index (Phi) is 5.67. The predicted octanol–water partition coefficient (Wildman–Crippen LogP) is 2.18. The minimum absolute atomic E-state index is 0.148. The largest absolute Gasteiger partial charge is 0.490 e. The number of carbonyl (C=O) groups excluding carboxylic acids is 1. The van der Waals surface area contributed by atoms with Crippen molar-refractivity contribution in [2.45, 2.75) is 24.8 Å². The molecule has 2 aromatic carbocycles. The summed E-state index contributed by atoms with van der Waals surface area (Å²) in [6.45, 7) is 4.24. The second-order valence-corrected chi connectivity index (χ2v) is 8.11. The minimum atomic E-state index is -3.55. The van der Waals surface area contributed by atoms with Crippen LogP contribution in [0.1, 0.15) is 13.8 Å². The summed E-state index contributed by atoms with van der Waals surface area (Å²) in [6, 6.07) is 13.1. The van der Waals surface area contributed by atoms with Crippen molar-refractivity contribution in [3.8, 4) is 11.5 Å². The third-order valence-corrected chi connectivity index (χ3v) is 5.59. The van der Waals surface area contributed by atoms with Crippen LogP contribution in [0.2, 0.25) is 0 Å². The lowest BCUT2D eigenvalue weighted by Crippen LogP contribution is -2.40. The molecule has 1 heterocycles. The first-order valence-electron chi connectivity index (χ1n) is 8.64. The summed E-state index contributed by atoms with van der Waals surface area (Å²) in [6.07, 6.45) is 0. The Morgan fingerprint density at radius 3 is 2.59 bits per heavy atom. The summed E-state index contributed by atoms with van der Waals surface area (Å²) in [4.78, 5) is 14.3. The predicted molar refractivity (Wildman–Crippen MR) is 102 cm³/mol. The van der Waals surface area contributed by atoms with Crippen molar-refractivity contribution in [2.24, 2.45) is 0 Å². The zero-order chi connectivity index (χ0) is 19.4. The van der Waals surface area contributed by atoms with Crippen LogP contribution in [-0.2, 0) is 14.8 Å². The monoisotopic (exact) mass is 390 g/mol. The van der Waals surface area contributed by atoms with Crippen LogP contribution < -0.4 is 19.1 Å². The van der Waals surface area contributed by atoms with Crippen LogP contribution in [0.15, 0.2) is 53.4 Å². The fourth-order valence-corrected chi connectivity index (χ4v) is 4.00. The molecule has 27 heavy (non-hydrogen) atoms. The molecule has 7 nitrogen and oxygen atoms in total. The first-order chi connectivity index (χ1) is 12.9. The fraction of sp³-hybridized carbons (Fsp3) is 0.316. The number of para-hydroxylation sites is 2. The second kappa shape index (κ2) is 7.98. The van der Waals surface area contributed by atoms with Crippen molar-refractivity contribution in [3.63, 3.8) is 0 Å². The van der Waals surface area contributed by atoms with E-state index in [4.69, 9.17) is 9.47 Å². The number of sulfonamides is 1. The molecule has 1 aliphatic rings. The Labute approximate surface area is 158 Å². The van der Waals surface area contributed by atoms with E-state index in [1.54, 1.807) is 18.7 Å². The van der Waals surface area contributed by atoms with Crippen molar-refractivity contribution in [3.05, 3.63) is 48.5 Å². The number of amides is 1. The number of nitrogens with one attached hydrogen (secondary N) is 1. The molecule has 3 rings (SSSR count). The average molecular weight is 390 g/mol. The lowest BCUT2D eigenvalue weighted by molar-refractivity contribution is -0.120. The Morgan fingerprint density at radius 1 is 1.19 bits per heavy atom. The molecular formula is C19H22N2O5S. The fourth-order valence-electron chi connectivity index (χ4n) is 2.74. The Hall–Kier alpha value is -2.58. The van der Waals surface area contributed by atoms with Gasteiger partial charge in [-0.25, -0.2) is 13.1 Å². The summed E-state index contributed by atoms with van der Waals surface area (Å²) in [5.74, 6) is 0.904. The highest BCUT2D eigenvalue weighted by Gasteiger charge is 2.23. The lowest BCUT2D eigenvalue weighted by atomic mass is 10.2. The van der Waals surface area contributed by atoms with Crippen molar-refractivity contribution in [2.75, 3.05) is 24.7 Å². The van der Waals surface area contributed by atoms with Crippen LogP contribution >= 0.6 is 0 Å². The quantitative estimate of drug-likeness (QED) is 0.817. The Bertz CT molecular complexity index is 910. The van der Waals surface area contributed by atoms with Gasteiger partial charge < -0.3 is 14.4 Å². The van der Waals surface area contributed by atoms with E-state index < -0.39 is 10.0 Å². The summed E-state index contributed by atoms with van der Waals surface area (Å²) in [5.41, 5.74) is 0.721. The number of hydrogen-bond acceptors (Lipinski definition) is 5. The molecule has 0 saturated heterocycles. The number of rotatable bonds is 6. The number of fused-ring (bicyclic) bond motifs is 1. The van der Waals surface area contributed by atoms with Gasteiger partial charge in [-0.15, -0.1) is 0 Å². The van der Waals surface area contributed by atoms with Crippen LogP contribution in [0.4, 0.5) is 5.69 Å². The highest BCUT2D eigenvalue weighted by molar-refractivity contribution is 7.89. The maximum atomic E-state index is 12.5. The van der Waals surface area contributed by atoms with Crippen LogP contribution in [-0.4, -0.2) is 40.1 Å². The normalized spacial score (nSPS) is 13.8. The topological polar surface area (TPSA) is 84.9 Å². The standard InChI is InChI=1S/C19H22N2O5S/c1-14(2)20-27(23,24)16-9-7-15(8-10-16)26-13-19(22)21-11-12-25-18-6-4-3-5-17(18)21/h3-10,14,20H,11-13H2,1-2H3. The molecule has 2 aromatic rings. The molecule has 1 aliphatic heterocycles. The minimum Gasteiger partial charge on any atom is -0.490 e. The molecule has 1 N–H and O–H groups in total. The van der Waals surface area contributed by atoms with E-state index in [2.05, 4.69) is 4.72 Å². The molecule has 8 heteroatoms. The number of ether oxygens (including phenoxy) is 2. The van der Waals surface area contributed by atoms with E-state index in [0.29, 0.717) is 24.7 Å². The molecule has 144 valence electrons. The van der Waals surface area contributed by atoms with Gasteiger partial charge in [-0.2, -0.15) is 0 Å². The zero-order valence-electron chi connectivity index (χ0n) is 15.2. The summed E-state index contributed by atoms with van der Waals surface area (Å²) in [5, 5.41) is 0. The number of nitrogens with zero attached hydrogens (tertiary/aromatic N) is 1. The van der Waals surface area contributed by atoms with Crippen molar-refractivity contribution in [1.29, 1.82) is 0 Å². The number of anilines is 1. The van der Waals surface area contributed by atoms with Crippen molar-refractivity contribution in [1.82, 2.24) is 4.72 Å². The highest BCUT2D eigenvalue weighted by atomic mass is 32.2. The third-order valence-electron chi connectivity index (χ3n) is 3.92. The van der Waals surface area contributed by atoms with E-state index in [1.807, 2.05) is 24.3 Å². The van der Waals surface area contributed by atoms with Gasteiger partial charge in [-0.1, -0.05) is 12.1 Å². The smallest absolute Gasteiger partial charge is 0.265 e. The molecule has 0 bridgehead atoms. The zero-order valence-corrected chi connectivity index (χ0v) is 16.0. The van der Waals surface area contributed by atoms with Crippen LogP contribution in [0, 0.1) is 0 Å².